The van der Waals surface area contributed by atoms with Gasteiger partial charge in [0.2, 0.25) is 0 Å². The third kappa shape index (κ3) is 1.27. The Morgan fingerprint density at radius 2 is 2.00 bits per heavy atom. The fourth-order valence-corrected chi connectivity index (χ4v) is 2.05. The summed E-state index contributed by atoms with van der Waals surface area (Å²) in [5.41, 5.74) is 0. The van der Waals surface area contributed by atoms with E-state index in [2.05, 4.69) is 0 Å². The molecule has 0 aromatic heterocycles. The highest BCUT2D eigenvalue weighted by molar-refractivity contribution is 8.00. The van der Waals surface area contributed by atoms with E-state index in [1.165, 1.54) is 11.8 Å². The summed E-state index contributed by atoms with van der Waals surface area (Å²) in [6.07, 6.45) is 1.42. The molecule has 1 rings (SSSR count). The van der Waals surface area contributed by atoms with Crippen LogP contribution in [0.15, 0.2) is 0 Å². The molecule has 0 bridgehead atoms. The van der Waals surface area contributed by atoms with Gasteiger partial charge in [-0.05, 0) is 6.26 Å². The molecule has 4 heteroatoms. The fourth-order valence-electron chi connectivity index (χ4n) is 1.21. The molecule has 1 aliphatic rings. The van der Waals surface area contributed by atoms with E-state index in [1.807, 2.05) is 0 Å². The topological polar surface area (TPSA) is 20.2 Å². The van der Waals surface area contributed by atoms with Crippen molar-refractivity contribution >= 4 is 11.8 Å². The van der Waals surface area contributed by atoms with Crippen molar-refractivity contribution in [1.29, 1.82) is 0 Å². The smallest absolute Gasteiger partial charge is 0.251 e. The van der Waals surface area contributed by atoms with Crippen LogP contribution in [-0.4, -0.2) is 28.6 Å². The molecule has 1 N–H and O–H groups in total. The average Bonchev–Trinajstić information content (AvgIpc) is 1.82. The minimum absolute atomic E-state index is 0.135. The van der Waals surface area contributed by atoms with Crippen molar-refractivity contribution in [1.82, 2.24) is 0 Å². The second kappa shape index (κ2) is 2.34. The van der Waals surface area contributed by atoms with Crippen molar-refractivity contribution < 1.29 is 13.9 Å². The first-order valence-corrected chi connectivity index (χ1v) is 4.30. The number of aliphatic hydroxyl groups is 1. The second-order valence-corrected chi connectivity index (χ2v) is 4.03. The van der Waals surface area contributed by atoms with Crippen LogP contribution in [0.4, 0.5) is 8.78 Å². The molecule has 0 spiro atoms. The predicted molar refractivity (Wildman–Crippen MR) is 37.5 cm³/mol. The Kier molecular flexibility index (Phi) is 1.94. The Labute approximate surface area is 62.8 Å². The second-order valence-electron chi connectivity index (χ2n) is 2.75. The van der Waals surface area contributed by atoms with E-state index in [0.29, 0.717) is 0 Å². The number of hydrogen-bond acceptors (Lipinski definition) is 2. The summed E-state index contributed by atoms with van der Waals surface area (Å²) in [5, 5.41) is 8.71. The maximum absolute atomic E-state index is 12.3. The molecule has 0 radical (unpaired) electrons. The first-order valence-electron chi connectivity index (χ1n) is 3.07. The Hall–Kier alpha value is 0.170. The molecule has 0 saturated heterocycles. The molecule has 1 saturated carbocycles. The van der Waals surface area contributed by atoms with Gasteiger partial charge in [-0.15, -0.1) is 0 Å². The van der Waals surface area contributed by atoms with E-state index in [0.717, 1.165) is 0 Å². The van der Waals surface area contributed by atoms with Gasteiger partial charge in [-0.3, -0.25) is 0 Å². The minimum atomic E-state index is -2.52. The summed E-state index contributed by atoms with van der Waals surface area (Å²) < 4.78 is 24.0. The van der Waals surface area contributed by atoms with Crippen LogP contribution in [0.25, 0.3) is 0 Å². The fraction of sp³-hybridized carbons (Fsp3) is 1.00. The van der Waals surface area contributed by atoms with Crippen molar-refractivity contribution in [3.05, 3.63) is 0 Å². The zero-order chi connectivity index (χ0) is 7.83. The highest BCUT2D eigenvalue weighted by Crippen LogP contribution is 2.52. The first kappa shape index (κ1) is 8.27. The van der Waals surface area contributed by atoms with Crippen LogP contribution in [0.3, 0.4) is 0 Å². The number of rotatable bonds is 2. The van der Waals surface area contributed by atoms with Gasteiger partial charge in [-0.1, -0.05) is 0 Å². The van der Waals surface area contributed by atoms with E-state index in [9.17, 15) is 8.78 Å². The maximum atomic E-state index is 12.3. The molecule has 10 heavy (non-hydrogen) atoms. The Morgan fingerprint density at radius 3 is 2.10 bits per heavy atom. The van der Waals surface area contributed by atoms with Gasteiger partial charge in [0.1, 0.15) is 0 Å². The van der Waals surface area contributed by atoms with Gasteiger partial charge in [-0.25, -0.2) is 8.78 Å². The van der Waals surface area contributed by atoms with Crippen molar-refractivity contribution in [2.75, 3.05) is 12.9 Å². The van der Waals surface area contributed by atoms with Crippen LogP contribution in [0, 0.1) is 0 Å². The van der Waals surface area contributed by atoms with Crippen LogP contribution in [0.5, 0.6) is 0 Å². The van der Waals surface area contributed by atoms with Gasteiger partial charge in [-0.2, -0.15) is 11.8 Å². The van der Waals surface area contributed by atoms with Gasteiger partial charge in [0.25, 0.3) is 5.92 Å². The number of halogens is 2. The van der Waals surface area contributed by atoms with Crippen LogP contribution >= 0.6 is 11.8 Å². The van der Waals surface area contributed by atoms with Gasteiger partial charge in [0, 0.05) is 12.8 Å². The molecule has 60 valence electrons. The molecular formula is C6H10F2OS. The lowest BCUT2D eigenvalue weighted by molar-refractivity contribution is -0.106. The van der Waals surface area contributed by atoms with Crippen LogP contribution in [-0.2, 0) is 0 Å². The molecule has 0 unspecified atom stereocenters. The molecule has 0 aromatic carbocycles. The van der Waals surface area contributed by atoms with E-state index in [4.69, 9.17) is 5.11 Å². The Bertz CT molecular complexity index is 124. The third-order valence-electron chi connectivity index (χ3n) is 1.88. The van der Waals surface area contributed by atoms with E-state index >= 15 is 0 Å². The molecular weight excluding hydrogens is 158 g/mol. The highest BCUT2D eigenvalue weighted by atomic mass is 32.2. The molecule has 0 atom stereocenters. The molecule has 1 nitrogen and oxygen atoms in total. The van der Waals surface area contributed by atoms with Crippen LogP contribution in [0.2, 0.25) is 0 Å². The minimum Gasteiger partial charge on any atom is -0.395 e. The van der Waals surface area contributed by atoms with E-state index < -0.39 is 10.7 Å². The number of hydrogen-bond donors (Lipinski definition) is 1. The van der Waals surface area contributed by atoms with E-state index in [1.54, 1.807) is 6.26 Å². The molecule has 1 fully saturated rings. The summed E-state index contributed by atoms with van der Waals surface area (Å²) in [7, 11) is 0. The Morgan fingerprint density at radius 1 is 1.50 bits per heavy atom. The zero-order valence-corrected chi connectivity index (χ0v) is 6.55. The van der Waals surface area contributed by atoms with Crippen LogP contribution in [0.1, 0.15) is 12.8 Å². The van der Waals surface area contributed by atoms with Crippen molar-refractivity contribution in [2.24, 2.45) is 0 Å². The number of alkyl halides is 2. The molecule has 0 amide bonds. The van der Waals surface area contributed by atoms with Gasteiger partial charge in [0.15, 0.2) is 0 Å². The molecule has 0 aromatic rings. The normalized spacial score (nSPS) is 27.6. The number of thioether (sulfide) groups is 1. The summed E-state index contributed by atoms with van der Waals surface area (Å²) in [4.78, 5) is 0. The highest BCUT2D eigenvalue weighted by Gasteiger charge is 2.55. The molecule has 0 aliphatic heterocycles. The monoisotopic (exact) mass is 168 g/mol. The Balaban J connectivity index is 2.46. The van der Waals surface area contributed by atoms with Crippen LogP contribution < -0.4 is 0 Å². The van der Waals surface area contributed by atoms with Crippen molar-refractivity contribution in [3.63, 3.8) is 0 Å². The summed E-state index contributed by atoms with van der Waals surface area (Å²) in [5.74, 6) is -2.52. The predicted octanol–water partition coefficient (Wildman–Crippen LogP) is 1.51. The summed E-state index contributed by atoms with van der Waals surface area (Å²) in [6, 6.07) is 0. The maximum Gasteiger partial charge on any atom is 0.251 e. The average molecular weight is 168 g/mol. The lowest BCUT2D eigenvalue weighted by Gasteiger charge is -2.44. The quantitative estimate of drug-likeness (QED) is 0.674. The SMILES string of the molecule is CSC1(CO)CC(F)(F)C1. The molecule has 1 aliphatic carbocycles. The summed E-state index contributed by atoms with van der Waals surface area (Å²) >= 11 is 1.33. The summed E-state index contributed by atoms with van der Waals surface area (Å²) in [6.45, 7) is -0.135. The zero-order valence-electron chi connectivity index (χ0n) is 5.73. The van der Waals surface area contributed by atoms with Crippen molar-refractivity contribution in [2.45, 2.75) is 23.5 Å². The molecule has 0 heterocycles. The van der Waals surface area contributed by atoms with Gasteiger partial charge >= 0.3 is 0 Å². The number of aliphatic hydroxyl groups excluding tert-OH is 1. The lowest BCUT2D eigenvalue weighted by Crippen LogP contribution is -2.51. The standard InChI is InChI=1S/C6H10F2OS/c1-10-5(4-9)2-6(7,8)3-5/h9H,2-4H2,1H3. The lowest BCUT2D eigenvalue weighted by atomic mass is 9.81. The third-order valence-corrected chi connectivity index (χ3v) is 3.17. The van der Waals surface area contributed by atoms with Crippen molar-refractivity contribution in [3.8, 4) is 0 Å². The largest absolute Gasteiger partial charge is 0.395 e. The van der Waals surface area contributed by atoms with Gasteiger partial charge < -0.3 is 5.11 Å². The van der Waals surface area contributed by atoms with E-state index in [-0.39, 0.29) is 19.4 Å². The van der Waals surface area contributed by atoms with Gasteiger partial charge in [0.05, 0.1) is 11.4 Å². The first-order chi connectivity index (χ1) is 4.54.